The van der Waals surface area contributed by atoms with Gasteiger partial charge in [0.1, 0.15) is 5.82 Å². The second-order valence-electron chi connectivity index (χ2n) is 3.33. The molecule has 0 aliphatic heterocycles. The molecule has 2 nitrogen and oxygen atoms in total. The van der Waals surface area contributed by atoms with Crippen LogP contribution in [-0.2, 0) is 13.0 Å². The Morgan fingerprint density at radius 3 is 2.92 bits per heavy atom. The fraction of sp³-hybridized carbons (Fsp3) is 0.667. The third-order valence-electron chi connectivity index (χ3n) is 1.68. The molecule has 0 fully saturated rings. The van der Waals surface area contributed by atoms with Crippen molar-refractivity contribution in [3.8, 4) is 0 Å². The molecule has 0 aliphatic carbocycles. The first-order chi connectivity index (χ1) is 5.74. The lowest BCUT2D eigenvalue weighted by Gasteiger charge is -2.08. The molecule has 12 heavy (non-hydrogen) atoms. The van der Waals surface area contributed by atoms with Gasteiger partial charge in [0.15, 0.2) is 0 Å². The lowest BCUT2D eigenvalue weighted by atomic mass is 10.2. The summed E-state index contributed by atoms with van der Waals surface area (Å²) in [6, 6.07) is 0. The van der Waals surface area contributed by atoms with Gasteiger partial charge in [0.05, 0.1) is 0 Å². The first kappa shape index (κ1) is 9.59. The molecule has 0 aliphatic rings. The van der Waals surface area contributed by atoms with Crippen molar-refractivity contribution in [3.63, 3.8) is 0 Å². The first-order valence-corrected chi connectivity index (χ1v) is 4.83. The Morgan fingerprint density at radius 2 is 2.33 bits per heavy atom. The number of nitrogens with zero attached hydrogens (tertiary/aromatic N) is 2. The summed E-state index contributed by atoms with van der Waals surface area (Å²) < 4.78 is 2.17. The van der Waals surface area contributed by atoms with Crippen molar-refractivity contribution in [1.82, 2.24) is 9.55 Å². The molecule has 0 atom stereocenters. The van der Waals surface area contributed by atoms with Crippen molar-refractivity contribution in [3.05, 3.63) is 18.2 Å². The van der Waals surface area contributed by atoms with Crippen LogP contribution in [0.15, 0.2) is 12.4 Å². The highest BCUT2D eigenvalue weighted by Gasteiger charge is 2.02. The van der Waals surface area contributed by atoms with E-state index in [9.17, 15) is 0 Å². The van der Waals surface area contributed by atoms with Crippen LogP contribution in [0.2, 0.25) is 0 Å². The van der Waals surface area contributed by atoms with Gasteiger partial charge in [-0.2, -0.15) is 0 Å². The monoisotopic (exact) mass is 186 g/mol. The maximum atomic E-state index is 5.65. The topological polar surface area (TPSA) is 17.8 Å². The van der Waals surface area contributed by atoms with Gasteiger partial charge in [0.2, 0.25) is 0 Å². The Hall–Kier alpha value is -0.500. The third kappa shape index (κ3) is 2.52. The molecule has 1 rings (SSSR count). The molecule has 68 valence electrons. The zero-order chi connectivity index (χ0) is 8.97. The highest BCUT2D eigenvalue weighted by Crippen LogP contribution is 2.04. The van der Waals surface area contributed by atoms with Crippen LogP contribution in [0.3, 0.4) is 0 Å². The minimum absolute atomic E-state index is 0.648. The quantitative estimate of drug-likeness (QED) is 0.660. The summed E-state index contributed by atoms with van der Waals surface area (Å²) in [5, 5.41) is 0. The molecule has 0 spiro atoms. The third-order valence-corrected chi connectivity index (χ3v) is 1.87. The van der Waals surface area contributed by atoms with E-state index in [1.54, 1.807) is 0 Å². The lowest BCUT2D eigenvalue weighted by molar-refractivity contribution is 0.508. The van der Waals surface area contributed by atoms with Gasteiger partial charge in [-0.05, 0) is 5.92 Å². The normalized spacial score (nSPS) is 11.0. The van der Waals surface area contributed by atoms with E-state index in [0.717, 1.165) is 18.8 Å². The van der Waals surface area contributed by atoms with E-state index < -0.39 is 0 Å². The van der Waals surface area contributed by atoms with Crippen LogP contribution in [0, 0.1) is 5.92 Å². The molecule has 1 heterocycles. The minimum atomic E-state index is 0.648. The fourth-order valence-electron chi connectivity index (χ4n) is 1.21. The zero-order valence-electron chi connectivity index (χ0n) is 7.63. The average molecular weight is 187 g/mol. The standard InChI is InChI=1S/C9H15ClN2/c1-8(2)7-12-6-5-11-9(12)3-4-10/h5-6,8H,3-4,7H2,1-2H3. The van der Waals surface area contributed by atoms with Gasteiger partial charge in [-0.25, -0.2) is 4.98 Å². The smallest absolute Gasteiger partial charge is 0.109 e. The average Bonchev–Trinajstić information content (AvgIpc) is 2.37. The SMILES string of the molecule is CC(C)Cn1ccnc1CCCl. The highest BCUT2D eigenvalue weighted by atomic mass is 35.5. The van der Waals surface area contributed by atoms with E-state index in [2.05, 4.69) is 23.4 Å². The van der Waals surface area contributed by atoms with Crippen LogP contribution in [0.1, 0.15) is 19.7 Å². The summed E-state index contributed by atoms with van der Waals surface area (Å²) >= 11 is 5.65. The van der Waals surface area contributed by atoms with Crippen molar-refractivity contribution >= 4 is 11.6 Å². The van der Waals surface area contributed by atoms with E-state index in [1.807, 2.05) is 12.4 Å². The summed E-state index contributed by atoms with van der Waals surface area (Å²) in [5.41, 5.74) is 0. The molecule has 0 saturated carbocycles. The summed E-state index contributed by atoms with van der Waals surface area (Å²) in [7, 11) is 0. The second-order valence-corrected chi connectivity index (χ2v) is 3.71. The molecular weight excluding hydrogens is 172 g/mol. The van der Waals surface area contributed by atoms with Crippen molar-refractivity contribution in [2.24, 2.45) is 5.92 Å². The van der Waals surface area contributed by atoms with Gasteiger partial charge in [-0.1, -0.05) is 13.8 Å². The molecule has 0 unspecified atom stereocenters. The Labute approximate surface area is 78.6 Å². The van der Waals surface area contributed by atoms with E-state index in [1.165, 1.54) is 0 Å². The molecule has 0 bridgehead atoms. The van der Waals surface area contributed by atoms with Gasteiger partial charge < -0.3 is 4.57 Å². The van der Waals surface area contributed by atoms with Gasteiger partial charge in [-0.3, -0.25) is 0 Å². The number of imidazole rings is 1. The largest absolute Gasteiger partial charge is 0.335 e. The number of halogens is 1. The van der Waals surface area contributed by atoms with Crippen molar-refractivity contribution < 1.29 is 0 Å². The van der Waals surface area contributed by atoms with Crippen LogP contribution in [0.5, 0.6) is 0 Å². The number of alkyl halides is 1. The molecule has 1 aromatic heterocycles. The van der Waals surface area contributed by atoms with Crippen LogP contribution >= 0.6 is 11.6 Å². The number of hydrogen-bond acceptors (Lipinski definition) is 1. The molecule has 1 aromatic rings. The Bertz CT molecular complexity index is 230. The molecule has 0 N–H and O–H groups in total. The molecule has 0 amide bonds. The number of aromatic nitrogens is 2. The van der Waals surface area contributed by atoms with Crippen LogP contribution < -0.4 is 0 Å². The summed E-state index contributed by atoms with van der Waals surface area (Å²) in [6.45, 7) is 5.43. The van der Waals surface area contributed by atoms with E-state index in [-0.39, 0.29) is 0 Å². The maximum absolute atomic E-state index is 5.65. The minimum Gasteiger partial charge on any atom is -0.335 e. The molecule has 0 radical (unpaired) electrons. The van der Waals surface area contributed by atoms with Gasteiger partial charge in [0, 0.05) is 31.2 Å². The Balaban J connectivity index is 2.63. The molecular formula is C9H15ClN2. The molecule has 3 heteroatoms. The summed E-state index contributed by atoms with van der Waals surface area (Å²) in [6.07, 6.45) is 4.72. The molecule has 0 saturated heterocycles. The maximum Gasteiger partial charge on any atom is 0.109 e. The van der Waals surface area contributed by atoms with Crippen LogP contribution in [0.4, 0.5) is 0 Å². The van der Waals surface area contributed by atoms with E-state index in [4.69, 9.17) is 11.6 Å². The number of aryl methyl sites for hydroxylation is 1. The van der Waals surface area contributed by atoms with Gasteiger partial charge in [-0.15, -0.1) is 11.6 Å². The second kappa shape index (κ2) is 4.51. The van der Waals surface area contributed by atoms with Gasteiger partial charge in [0.25, 0.3) is 0 Å². The first-order valence-electron chi connectivity index (χ1n) is 4.30. The van der Waals surface area contributed by atoms with Gasteiger partial charge >= 0.3 is 0 Å². The fourth-order valence-corrected chi connectivity index (χ4v) is 1.38. The van der Waals surface area contributed by atoms with Crippen molar-refractivity contribution in [2.45, 2.75) is 26.8 Å². The van der Waals surface area contributed by atoms with E-state index >= 15 is 0 Å². The number of rotatable bonds is 4. The highest BCUT2D eigenvalue weighted by molar-refractivity contribution is 6.17. The Morgan fingerprint density at radius 1 is 1.58 bits per heavy atom. The van der Waals surface area contributed by atoms with E-state index in [0.29, 0.717) is 11.8 Å². The van der Waals surface area contributed by atoms with Crippen LogP contribution in [0.25, 0.3) is 0 Å². The van der Waals surface area contributed by atoms with Crippen molar-refractivity contribution in [2.75, 3.05) is 5.88 Å². The summed E-state index contributed by atoms with van der Waals surface area (Å²) in [4.78, 5) is 4.24. The molecule has 0 aromatic carbocycles. The lowest BCUT2D eigenvalue weighted by Crippen LogP contribution is -2.08. The number of hydrogen-bond donors (Lipinski definition) is 0. The summed E-state index contributed by atoms with van der Waals surface area (Å²) in [5.74, 6) is 2.40. The van der Waals surface area contributed by atoms with Crippen molar-refractivity contribution in [1.29, 1.82) is 0 Å². The predicted molar refractivity (Wildman–Crippen MR) is 51.5 cm³/mol. The Kier molecular flexibility index (Phi) is 3.60. The zero-order valence-corrected chi connectivity index (χ0v) is 8.38. The predicted octanol–water partition coefficient (Wildman–Crippen LogP) is 2.32. The van der Waals surface area contributed by atoms with Crippen LogP contribution in [-0.4, -0.2) is 15.4 Å².